The average molecular weight is 244 g/mol. The standard InChI is InChI=1S/C11H20N2O2S/c1-10(9-12-11-5-6-11)16(14,15)13-7-3-2-4-8-13/h2-3,10-12H,4-9H2,1H3. The zero-order valence-corrected chi connectivity index (χ0v) is 10.5. The topological polar surface area (TPSA) is 49.4 Å². The zero-order chi connectivity index (χ0) is 11.6. The van der Waals surface area contributed by atoms with Crippen molar-refractivity contribution in [1.29, 1.82) is 0 Å². The molecule has 1 atom stereocenters. The highest BCUT2D eigenvalue weighted by Gasteiger charge is 2.30. The lowest BCUT2D eigenvalue weighted by atomic mass is 10.3. The maximum atomic E-state index is 12.2. The Morgan fingerprint density at radius 2 is 2.19 bits per heavy atom. The van der Waals surface area contributed by atoms with Crippen molar-refractivity contribution in [3.05, 3.63) is 12.2 Å². The molecule has 0 radical (unpaired) electrons. The highest BCUT2D eigenvalue weighted by Crippen LogP contribution is 2.19. The van der Waals surface area contributed by atoms with Crippen molar-refractivity contribution in [2.75, 3.05) is 19.6 Å². The molecule has 2 rings (SSSR count). The minimum atomic E-state index is -3.11. The molecule has 5 heteroatoms. The molecule has 4 nitrogen and oxygen atoms in total. The zero-order valence-electron chi connectivity index (χ0n) is 9.72. The summed E-state index contributed by atoms with van der Waals surface area (Å²) in [6.07, 6.45) is 7.20. The fraction of sp³-hybridized carbons (Fsp3) is 0.818. The van der Waals surface area contributed by atoms with Crippen molar-refractivity contribution in [1.82, 2.24) is 9.62 Å². The number of nitrogens with one attached hydrogen (secondary N) is 1. The fourth-order valence-electron chi connectivity index (χ4n) is 1.83. The first kappa shape index (κ1) is 12.1. The lowest BCUT2D eigenvalue weighted by molar-refractivity contribution is 0.427. The molecule has 1 heterocycles. The van der Waals surface area contributed by atoms with Crippen LogP contribution in [0.3, 0.4) is 0 Å². The molecule has 0 aromatic rings. The molecule has 1 unspecified atom stereocenters. The summed E-state index contributed by atoms with van der Waals surface area (Å²) in [7, 11) is -3.11. The summed E-state index contributed by atoms with van der Waals surface area (Å²) in [6.45, 7) is 3.54. The van der Waals surface area contributed by atoms with Gasteiger partial charge in [-0.15, -0.1) is 0 Å². The highest BCUT2D eigenvalue weighted by atomic mass is 32.2. The molecule has 2 aliphatic rings. The van der Waals surface area contributed by atoms with Crippen LogP contribution in [0.4, 0.5) is 0 Å². The van der Waals surface area contributed by atoms with Gasteiger partial charge in [0.2, 0.25) is 10.0 Å². The first-order valence-corrected chi connectivity index (χ1v) is 7.48. The molecule has 0 aromatic heterocycles. The number of hydrogen-bond donors (Lipinski definition) is 1. The van der Waals surface area contributed by atoms with Gasteiger partial charge in [-0.2, -0.15) is 4.31 Å². The quantitative estimate of drug-likeness (QED) is 0.725. The predicted molar refractivity (Wildman–Crippen MR) is 64.7 cm³/mol. The van der Waals surface area contributed by atoms with Gasteiger partial charge >= 0.3 is 0 Å². The summed E-state index contributed by atoms with van der Waals surface area (Å²) in [5, 5.41) is 2.96. The Morgan fingerprint density at radius 1 is 1.44 bits per heavy atom. The Labute approximate surface area is 97.8 Å². The molecule has 1 N–H and O–H groups in total. The Kier molecular flexibility index (Phi) is 3.66. The van der Waals surface area contributed by atoms with Crippen LogP contribution in [0.15, 0.2) is 12.2 Å². The summed E-state index contributed by atoms with van der Waals surface area (Å²) in [6, 6.07) is 0.568. The predicted octanol–water partition coefficient (Wildman–Crippen LogP) is 0.719. The SMILES string of the molecule is CC(CNC1CC1)S(=O)(=O)N1CC=CCC1. The van der Waals surface area contributed by atoms with E-state index in [1.165, 1.54) is 12.8 Å². The number of sulfonamides is 1. The molecular formula is C11H20N2O2S. The van der Waals surface area contributed by atoms with E-state index in [9.17, 15) is 8.42 Å². The number of nitrogens with zero attached hydrogens (tertiary/aromatic N) is 1. The van der Waals surface area contributed by atoms with Crippen molar-refractivity contribution in [3.8, 4) is 0 Å². The lowest BCUT2D eigenvalue weighted by Gasteiger charge is -2.26. The molecule has 0 bridgehead atoms. The first-order valence-electron chi connectivity index (χ1n) is 5.98. The first-order chi connectivity index (χ1) is 7.60. The third-order valence-corrected chi connectivity index (χ3v) is 5.40. The fourth-order valence-corrected chi connectivity index (χ4v) is 3.30. The van der Waals surface area contributed by atoms with Gasteiger partial charge in [0.25, 0.3) is 0 Å². The van der Waals surface area contributed by atoms with Gasteiger partial charge in [0.05, 0.1) is 5.25 Å². The molecule has 1 aliphatic heterocycles. The van der Waals surface area contributed by atoms with Crippen LogP contribution in [0.5, 0.6) is 0 Å². The van der Waals surface area contributed by atoms with Crippen LogP contribution in [0.1, 0.15) is 26.2 Å². The van der Waals surface area contributed by atoms with Crippen molar-refractivity contribution in [3.63, 3.8) is 0 Å². The molecule has 92 valence electrons. The van der Waals surface area contributed by atoms with Crippen molar-refractivity contribution in [2.45, 2.75) is 37.5 Å². The normalized spacial score (nSPS) is 24.6. The van der Waals surface area contributed by atoms with E-state index in [1.54, 1.807) is 11.2 Å². The van der Waals surface area contributed by atoms with Gasteiger partial charge in [-0.3, -0.25) is 0 Å². The van der Waals surface area contributed by atoms with E-state index >= 15 is 0 Å². The Bertz CT molecular complexity index is 360. The second kappa shape index (κ2) is 4.85. The van der Waals surface area contributed by atoms with Crippen molar-refractivity contribution < 1.29 is 8.42 Å². The van der Waals surface area contributed by atoms with Crippen LogP contribution < -0.4 is 5.32 Å². The lowest BCUT2D eigenvalue weighted by Crippen LogP contribution is -2.43. The smallest absolute Gasteiger partial charge is 0.218 e. The van der Waals surface area contributed by atoms with E-state index in [0.717, 1.165) is 6.42 Å². The van der Waals surface area contributed by atoms with Crippen LogP contribution in [-0.2, 0) is 10.0 Å². The summed E-state index contributed by atoms with van der Waals surface area (Å²) in [4.78, 5) is 0. The van der Waals surface area contributed by atoms with E-state index in [0.29, 0.717) is 25.7 Å². The van der Waals surface area contributed by atoms with Crippen LogP contribution in [-0.4, -0.2) is 43.6 Å². The molecule has 0 amide bonds. The molecule has 0 aromatic carbocycles. The van der Waals surface area contributed by atoms with Crippen molar-refractivity contribution in [2.24, 2.45) is 0 Å². The number of rotatable bonds is 5. The maximum absolute atomic E-state index is 12.2. The second-order valence-electron chi connectivity index (χ2n) is 4.66. The molecule has 1 saturated carbocycles. The molecule has 0 saturated heterocycles. The molecule has 1 aliphatic carbocycles. The average Bonchev–Trinajstić information content (AvgIpc) is 3.11. The van der Waals surface area contributed by atoms with Crippen LogP contribution in [0, 0.1) is 0 Å². The minimum absolute atomic E-state index is 0.320. The third kappa shape index (κ3) is 2.84. The van der Waals surface area contributed by atoms with Gasteiger partial charge in [-0.1, -0.05) is 12.2 Å². The van der Waals surface area contributed by atoms with E-state index in [-0.39, 0.29) is 5.25 Å². The van der Waals surface area contributed by atoms with E-state index in [1.807, 2.05) is 12.2 Å². The molecular weight excluding hydrogens is 224 g/mol. The Balaban J connectivity index is 1.90. The van der Waals surface area contributed by atoms with E-state index in [2.05, 4.69) is 5.32 Å². The van der Waals surface area contributed by atoms with Gasteiger partial charge in [-0.25, -0.2) is 8.42 Å². The summed E-state index contributed by atoms with van der Waals surface area (Å²) in [5.74, 6) is 0. The second-order valence-corrected chi connectivity index (χ2v) is 7.01. The van der Waals surface area contributed by atoms with E-state index < -0.39 is 10.0 Å². The maximum Gasteiger partial charge on any atom is 0.218 e. The highest BCUT2D eigenvalue weighted by molar-refractivity contribution is 7.89. The monoisotopic (exact) mass is 244 g/mol. The van der Waals surface area contributed by atoms with Crippen molar-refractivity contribution >= 4 is 10.0 Å². The molecule has 1 fully saturated rings. The number of hydrogen-bond acceptors (Lipinski definition) is 3. The largest absolute Gasteiger partial charge is 0.313 e. The Morgan fingerprint density at radius 3 is 2.75 bits per heavy atom. The Hall–Kier alpha value is -0.390. The summed E-state index contributed by atoms with van der Waals surface area (Å²) in [5.41, 5.74) is 0. The van der Waals surface area contributed by atoms with Gasteiger partial charge in [-0.05, 0) is 26.2 Å². The van der Waals surface area contributed by atoms with Crippen LogP contribution >= 0.6 is 0 Å². The summed E-state index contributed by atoms with van der Waals surface area (Å²) >= 11 is 0. The van der Waals surface area contributed by atoms with Gasteiger partial charge in [0.15, 0.2) is 0 Å². The van der Waals surface area contributed by atoms with E-state index in [4.69, 9.17) is 0 Å². The third-order valence-electron chi connectivity index (χ3n) is 3.16. The van der Waals surface area contributed by atoms with Gasteiger partial charge in [0, 0.05) is 25.7 Å². The van der Waals surface area contributed by atoms with Crippen LogP contribution in [0.2, 0.25) is 0 Å². The summed E-state index contributed by atoms with van der Waals surface area (Å²) < 4.78 is 25.9. The minimum Gasteiger partial charge on any atom is -0.313 e. The molecule has 0 spiro atoms. The van der Waals surface area contributed by atoms with Gasteiger partial charge < -0.3 is 5.32 Å². The van der Waals surface area contributed by atoms with Gasteiger partial charge in [0.1, 0.15) is 0 Å². The molecule has 16 heavy (non-hydrogen) atoms. The van der Waals surface area contributed by atoms with Crippen LogP contribution in [0.25, 0.3) is 0 Å².